The van der Waals surface area contributed by atoms with Crippen molar-refractivity contribution in [1.29, 1.82) is 0 Å². The summed E-state index contributed by atoms with van der Waals surface area (Å²) in [5, 5.41) is 5.47. The highest BCUT2D eigenvalue weighted by Gasteiger charge is 2.31. The maximum absolute atomic E-state index is 13.6. The molecule has 0 spiro atoms. The van der Waals surface area contributed by atoms with E-state index >= 15 is 0 Å². The average molecular weight is 615 g/mol. The molecule has 1 aliphatic rings. The monoisotopic (exact) mass is 614 g/mol. The summed E-state index contributed by atoms with van der Waals surface area (Å²) in [5.74, 6) is -0.740. The predicted octanol–water partition coefficient (Wildman–Crippen LogP) is 6.09. The number of benzene rings is 2. The third-order valence-corrected chi connectivity index (χ3v) is 8.85. The minimum atomic E-state index is -3.51. The molecule has 1 saturated carbocycles. The summed E-state index contributed by atoms with van der Waals surface area (Å²) < 4.78 is 35.7. The van der Waals surface area contributed by atoms with E-state index in [-0.39, 0.29) is 31.4 Å². The minimum absolute atomic E-state index is 0.0663. The highest BCUT2D eigenvalue weighted by Crippen LogP contribution is 2.44. The van der Waals surface area contributed by atoms with Crippen LogP contribution in [-0.4, -0.2) is 48.5 Å². The first-order valence-electron chi connectivity index (χ1n) is 14.7. The van der Waals surface area contributed by atoms with Crippen molar-refractivity contribution in [3.63, 3.8) is 0 Å². The molecule has 2 aromatic carbocycles. The molecule has 3 rings (SSSR count). The van der Waals surface area contributed by atoms with Gasteiger partial charge in [-0.15, -0.1) is 6.58 Å². The van der Waals surface area contributed by atoms with Gasteiger partial charge in [-0.05, 0) is 76.1 Å². The standard InChI is InChI=1S/C32H43N2O8P/c1-5-6-20-43(38,34-24(4)30(35)40-23(2)3)42-28-18-16-25(17-19-28)21-29(31(36)41-27-14-10-11-15-27)33-32(37)39-22-26-12-8-7-9-13-26/h5,7-9,12-13,16-19,23-24,27,29H,1,6,10-11,14-15,20-22H2,2-4H3,(H,33,37)(H,34,38)/t24-,29-,43?/m0/s1. The Bertz CT molecular complexity index is 1250. The van der Waals surface area contributed by atoms with E-state index in [1.54, 1.807) is 51.1 Å². The van der Waals surface area contributed by atoms with E-state index in [1.165, 1.54) is 0 Å². The van der Waals surface area contributed by atoms with Gasteiger partial charge in [0.25, 0.3) is 0 Å². The Labute approximate surface area is 254 Å². The van der Waals surface area contributed by atoms with Crippen LogP contribution in [0.3, 0.4) is 0 Å². The molecule has 0 heterocycles. The van der Waals surface area contributed by atoms with Gasteiger partial charge in [-0.3, -0.25) is 9.36 Å². The van der Waals surface area contributed by atoms with Gasteiger partial charge in [-0.25, -0.2) is 14.7 Å². The van der Waals surface area contributed by atoms with Crippen LogP contribution in [0.1, 0.15) is 64.0 Å². The van der Waals surface area contributed by atoms with Crippen LogP contribution in [-0.2, 0) is 41.4 Å². The van der Waals surface area contributed by atoms with E-state index in [9.17, 15) is 18.9 Å². The molecule has 0 bridgehead atoms. The van der Waals surface area contributed by atoms with Crippen LogP contribution < -0.4 is 14.9 Å². The number of nitrogens with one attached hydrogen (secondary N) is 2. The summed E-state index contributed by atoms with van der Waals surface area (Å²) >= 11 is 0. The van der Waals surface area contributed by atoms with Crippen molar-refractivity contribution in [3.8, 4) is 5.75 Å². The Kier molecular flexibility index (Phi) is 13.3. The molecular weight excluding hydrogens is 571 g/mol. The molecule has 1 fully saturated rings. The number of alkyl carbamates (subject to hydrolysis) is 1. The van der Waals surface area contributed by atoms with Crippen LogP contribution >= 0.6 is 7.52 Å². The SMILES string of the molecule is C=CCCP(=O)(N[C@@H](C)C(=O)OC(C)C)Oc1ccc(C[C@H](NC(=O)OCc2ccccc2)C(=O)OC2CCCC2)cc1. The highest BCUT2D eigenvalue weighted by molar-refractivity contribution is 7.57. The van der Waals surface area contributed by atoms with Crippen molar-refractivity contribution >= 4 is 25.6 Å². The molecule has 1 aliphatic carbocycles. The lowest BCUT2D eigenvalue weighted by molar-refractivity contribution is -0.151. The van der Waals surface area contributed by atoms with Gasteiger partial charge in [0.15, 0.2) is 0 Å². The summed E-state index contributed by atoms with van der Waals surface area (Å²) in [7, 11) is -3.51. The van der Waals surface area contributed by atoms with E-state index in [2.05, 4.69) is 17.0 Å². The molecule has 2 aromatic rings. The van der Waals surface area contributed by atoms with Crippen molar-refractivity contribution < 1.29 is 37.7 Å². The second-order valence-electron chi connectivity index (χ2n) is 10.9. The van der Waals surface area contributed by atoms with Crippen molar-refractivity contribution in [3.05, 3.63) is 78.4 Å². The highest BCUT2D eigenvalue weighted by atomic mass is 31.2. The molecule has 43 heavy (non-hydrogen) atoms. The quantitative estimate of drug-likeness (QED) is 0.0999. The lowest BCUT2D eigenvalue weighted by Crippen LogP contribution is -2.44. The number of carbonyl (C=O) groups is 3. The molecule has 0 saturated heterocycles. The van der Waals surface area contributed by atoms with Gasteiger partial charge in [0.2, 0.25) is 0 Å². The van der Waals surface area contributed by atoms with E-state index in [0.717, 1.165) is 31.2 Å². The summed E-state index contributed by atoms with van der Waals surface area (Å²) in [5.41, 5.74) is 1.54. The first kappa shape index (κ1) is 33.9. The Morgan fingerprint density at radius 3 is 2.28 bits per heavy atom. The van der Waals surface area contributed by atoms with E-state index in [4.69, 9.17) is 18.7 Å². The Hall–Kier alpha value is -3.62. The maximum atomic E-state index is 13.6. The molecule has 10 nitrogen and oxygen atoms in total. The van der Waals surface area contributed by atoms with Crippen LogP contribution in [0.2, 0.25) is 0 Å². The zero-order chi connectivity index (χ0) is 31.2. The van der Waals surface area contributed by atoms with E-state index in [1.807, 2.05) is 30.3 Å². The van der Waals surface area contributed by atoms with E-state index < -0.39 is 37.6 Å². The summed E-state index contributed by atoms with van der Waals surface area (Å²) in [6, 6.07) is 14.1. The molecule has 2 N–H and O–H groups in total. The number of carbonyl (C=O) groups excluding carboxylic acids is 3. The number of hydrogen-bond donors (Lipinski definition) is 2. The minimum Gasteiger partial charge on any atom is -0.462 e. The topological polar surface area (TPSA) is 129 Å². The maximum Gasteiger partial charge on any atom is 0.408 e. The van der Waals surface area contributed by atoms with Crippen LogP contribution in [0.5, 0.6) is 5.75 Å². The third kappa shape index (κ3) is 11.9. The zero-order valence-corrected chi connectivity index (χ0v) is 26.1. The largest absolute Gasteiger partial charge is 0.462 e. The normalized spacial score (nSPS) is 16.0. The van der Waals surface area contributed by atoms with Gasteiger partial charge in [0.05, 0.1) is 12.3 Å². The first-order chi connectivity index (χ1) is 20.6. The van der Waals surface area contributed by atoms with Gasteiger partial charge >= 0.3 is 25.6 Å². The number of allylic oxidation sites excluding steroid dienone is 1. The fraction of sp³-hybridized carbons (Fsp3) is 0.469. The third-order valence-electron chi connectivity index (χ3n) is 6.71. The van der Waals surface area contributed by atoms with Crippen LogP contribution in [0.4, 0.5) is 4.79 Å². The van der Waals surface area contributed by atoms with Crippen molar-refractivity contribution in [2.45, 2.75) is 90.2 Å². The van der Waals surface area contributed by atoms with Gasteiger partial charge in [0.1, 0.15) is 30.5 Å². The Morgan fingerprint density at radius 2 is 1.65 bits per heavy atom. The van der Waals surface area contributed by atoms with E-state index in [0.29, 0.717) is 17.7 Å². The summed E-state index contributed by atoms with van der Waals surface area (Å²) in [6.45, 7) is 8.80. The van der Waals surface area contributed by atoms with Crippen LogP contribution in [0, 0.1) is 0 Å². The Morgan fingerprint density at radius 1 is 0.977 bits per heavy atom. The molecule has 11 heteroatoms. The van der Waals surface area contributed by atoms with Crippen molar-refractivity contribution in [1.82, 2.24) is 10.4 Å². The predicted molar refractivity (Wildman–Crippen MR) is 164 cm³/mol. The van der Waals surface area contributed by atoms with Gasteiger partial charge in [0, 0.05) is 6.42 Å². The molecule has 0 aromatic heterocycles. The number of ether oxygens (including phenoxy) is 3. The van der Waals surface area contributed by atoms with Crippen LogP contribution in [0.15, 0.2) is 67.3 Å². The second-order valence-corrected chi connectivity index (χ2v) is 13.1. The molecule has 0 radical (unpaired) electrons. The Balaban J connectivity index is 1.67. The molecule has 3 atom stereocenters. The molecule has 234 valence electrons. The van der Waals surface area contributed by atoms with Crippen molar-refractivity contribution in [2.24, 2.45) is 0 Å². The number of rotatable bonds is 16. The average Bonchev–Trinajstić information content (AvgIpc) is 3.49. The molecule has 1 unspecified atom stereocenters. The zero-order valence-electron chi connectivity index (χ0n) is 25.2. The number of esters is 2. The number of amides is 1. The molecule has 1 amide bonds. The summed E-state index contributed by atoms with van der Waals surface area (Å²) in [4.78, 5) is 38.0. The number of hydrogen-bond acceptors (Lipinski definition) is 8. The lowest BCUT2D eigenvalue weighted by Gasteiger charge is -2.24. The van der Waals surface area contributed by atoms with Crippen molar-refractivity contribution in [2.75, 3.05) is 6.16 Å². The fourth-order valence-corrected chi connectivity index (χ4v) is 6.48. The fourth-order valence-electron chi connectivity index (χ4n) is 4.53. The van der Waals surface area contributed by atoms with Gasteiger partial charge in [-0.2, -0.15) is 0 Å². The van der Waals surface area contributed by atoms with Gasteiger partial charge in [-0.1, -0.05) is 48.5 Å². The molecule has 0 aliphatic heterocycles. The second kappa shape index (κ2) is 16.9. The smallest absolute Gasteiger partial charge is 0.408 e. The lowest BCUT2D eigenvalue weighted by atomic mass is 10.1. The van der Waals surface area contributed by atoms with Gasteiger partial charge < -0.3 is 24.1 Å². The van der Waals surface area contributed by atoms with Crippen LogP contribution in [0.25, 0.3) is 0 Å². The first-order valence-corrected chi connectivity index (χ1v) is 16.5. The summed E-state index contributed by atoms with van der Waals surface area (Å²) in [6.07, 6.45) is 4.72. The molecular formula is C32H43N2O8P.